The van der Waals surface area contributed by atoms with Gasteiger partial charge in [-0.05, 0) is 45.6 Å². The van der Waals surface area contributed by atoms with Gasteiger partial charge in [-0.1, -0.05) is 13.8 Å². The van der Waals surface area contributed by atoms with Crippen LogP contribution in [0.5, 0.6) is 0 Å². The monoisotopic (exact) mass is 712 g/mol. The van der Waals surface area contributed by atoms with Gasteiger partial charge in [0.2, 0.25) is 0 Å². The molecule has 1 spiro atoms. The second-order valence-corrected chi connectivity index (χ2v) is 15.4. The minimum atomic E-state index is -1.88. The number of aliphatic carboxylic acids is 2. The van der Waals surface area contributed by atoms with Crippen LogP contribution in [0.25, 0.3) is 0 Å². The van der Waals surface area contributed by atoms with Crippen molar-refractivity contribution in [2.24, 2.45) is 28.1 Å². The normalized spacial score (nSPS) is 42.7. The van der Waals surface area contributed by atoms with Gasteiger partial charge in [0.05, 0.1) is 42.7 Å². The molecule has 0 bridgehead atoms. The molecule has 2 saturated carbocycles. The minimum absolute atomic E-state index is 0.0472. The number of epoxide rings is 1. The Kier molecular flexibility index (Phi) is 9.89. The predicted octanol–water partition coefficient (Wildman–Crippen LogP) is 0.555. The zero-order valence-electron chi connectivity index (χ0n) is 28.8. The molecule has 5 rings (SSSR count). The molecule has 7 N–H and O–H groups in total. The van der Waals surface area contributed by atoms with Gasteiger partial charge in [0.25, 0.3) is 0 Å². The Morgan fingerprint density at radius 1 is 1.08 bits per heavy atom. The minimum Gasteiger partial charge on any atom is -0.481 e. The van der Waals surface area contributed by atoms with Crippen LogP contribution in [-0.4, -0.2) is 120 Å². The van der Waals surface area contributed by atoms with E-state index in [4.69, 9.17) is 23.4 Å². The van der Waals surface area contributed by atoms with E-state index in [0.29, 0.717) is 5.56 Å². The van der Waals surface area contributed by atoms with Crippen LogP contribution in [0.1, 0.15) is 78.9 Å². The summed E-state index contributed by atoms with van der Waals surface area (Å²) in [7, 11) is 0. The third kappa shape index (κ3) is 5.59. The van der Waals surface area contributed by atoms with Crippen molar-refractivity contribution in [3.05, 3.63) is 24.2 Å². The smallest absolute Gasteiger partial charge is 0.335 e. The summed E-state index contributed by atoms with van der Waals surface area (Å²) in [6.45, 7) is 8.24. The number of furan rings is 1. The molecular weight excluding hydrogens is 664 g/mol. The van der Waals surface area contributed by atoms with Crippen molar-refractivity contribution in [3.8, 4) is 0 Å². The Labute approximate surface area is 288 Å². The third-order valence-electron chi connectivity index (χ3n) is 12.3. The summed E-state index contributed by atoms with van der Waals surface area (Å²) in [5, 5.41) is 73.6. The maximum Gasteiger partial charge on any atom is 0.335 e. The van der Waals surface area contributed by atoms with Gasteiger partial charge in [0.15, 0.2) is 12.4 Å². The molecule has 1 aromatic heterocycles. The van der Waals surface area contributed by atoms with Crippen LogP contribution in [0, 0.1) is 28.1 Å². The Balaban J connectivity index is 1.70. The van der Waals surface area contributed by atoms with Crippen LogP contribution in [0.2, 0.25) is 0 Å². The number of ketones is 1. The number of rotatable bonds is 11. The second kappa shape index (κ2) is 12.9. The van der Waals surface area contributed by atoms with Gasteiger partial charge in [-0.25, -0.2) is 4.79 Å². The molecule has 0 amide bonds. The number of fused-ring (bicyclic) bond motifs is 2. The van der Waals surface area contributed by atoms with E-state index >= 15 is 0 Å². The fourth-order valence-corrected chi connectivity index (χ4v) is 10.0. The number of carboxylic acids is 2. The second-order valence-electron chi connectivity index (χ2n) is 15.4. The lowest BCUT2D eigenvalue weighted by molar-refractivity contribution is -0.329. The van der Waals surface area contributed by atoms with Crippen LogP contribution in [0.4, 0.5) is 0 Å². The fourth-order valence-electron chi connectivity index (χ4n) is 10.0. The van der Waals surface area contributed by atoms with Gasteiger partial charge in [-0.15, -0.1) is 0 Å². The zero-order valence-corrected chi connectivity index (χ0v) is 28.8. The van der Waals surface area contributed by atoms with E-state index < -0.39 is 125 Å². The summed E-state index contributed by atoms with van der Waals surface area (Å²) in [6.07, 6.45) is -10.7. The fraction of sp³-hybridized carbons (Fsp3) is 0.765. The van der Waals surface area contributed by atoms with E-state index in [1.165, 1.54) is 32.4 Å². The number of carbonyl (C=O) groups excluding carboxylic acids is 2. The standard InChI is InChI=1S/C34H48O16/c1-15(36)47-21(12-22(38)39)32(5)18-7-9-31(4,34(27(50-34)28(43)44)33(18,6)20(37)11-19(32)30(2,3)45)26(16-8-10-46-14-16)49-29-25(42)24(41)23(40)17(13-35)48-29/h8,10,14,17-19,21,23-27,29,35,40-42,45H,7,9,11-13H2,1-6H3,(H,38,39)(H,43,44)/t17-,18-,19+,21-,23-,24+,25-,26+,27-,29+,31+,32-,33+,34?/m1/s1. The third-order valence-corrected chi connectivity index (χ3v) is 12.3. The molecule has 50 heavy (non-hydrogen) atoms. The van der Waals surface area contributed by atoms with E-state index in [0.717, 1.165) is 6.92 Å². The number of esters is 1. The van der Waals surface area contributed by atoms with Crippen molar-refractivity contribution in [1.29, 1.82) is 0 Å². The summed E-state index contributed by atoms with van der Waals surface area (Å²) in [5.74, 6) is -5.77. The van der Waals surface area contributed by atoms with E-state index in [9.17, 15) is 54.9 Å². The molecule has 2 aliphatic carbocycles. The van der Waals surface area contributed by atoms with Gasteiger partial charge in [0.1, 0.15) is 41.9 Å². The number of ether oxygens (including phenoxy) is 4. The molecule has 0 radical (unpaired) electrons. The first-order valence-corrected chi connectivity index (χ1v) is 16.7. The van der Waals surface area contributed by atoms with E-state index in [-0.39, 0.29) is 19.3 Å². The van der Waals surface area contributed by atoms with Crippen LogP contribution in [0.15, 0.2) is 23.0 Å². The van der Waals surface area contributed by atoms with Crippen LogP contribution in [-0.2, 0) is 38.1 Å². The number of Topliss-reactive ketones (excluding diaryl/α,β-unsaturated/α-hetero) is 1. The largest absolute Gasteiger partial charge is 0.481 e. The van der Waals surface area contributed by atoms with Gasteiger partial charge < -0.3 is 59.1 Å². The van der Waals surface area contributed by atoms with Crippen molar-refractivity contribution in [2.45, 2.75) is 127 Å². The molecule has 4 aliphatic rings. The molecule has 3 heterocycles. The molecule has 1 unspecified atom stereocenters. The molecule has 14 atom stereocenters. The van der Waals surface area contributed by atoms with Crippen molar-refractivity contribution >= 4 is 23.7 Å². The topological polar surface area (TPSA) is 263 Å². The summed E-state index contributed by atoms with van der Waals surface area (Å²) in [4.78, 5) is 52.3. The highest BCUT2D eigenvalue weighted by Gasteiger charge is 2.86. The van der Waals surface area contributed by atoms with Crippen LogP contribution < -0.4 is 0 Å². The predicted molar refractivity (Wildman–Crippen MR) is 166 cm³/mol. The highest BCUT2D eigenvalue weighted by Crippen LogP contribution is 2.77. The van der Waals surface area contributed by atoms with Crippen molar-refractivity contribution in [1.82, 2.24) is 0 Å². The SMILES string of the molecule is CC(=O)O[C@H](CC(=O)O)[C@]1(C)[C@H]2CC[C@@](C)([C@@H](O[C@@H]3O[C@H](CO)[C@@H](O)[C@H](O)[C@H]3O)c3ccoc3)C3(O[C@@H]3C(=O)O)[C@]2(C)C(=O)C[C@H]1C(C)(C)O. The number of aliphatic hydroxyl groups excluding tert-OH is 4. The quantitative estimate of drug-likeness (QED) is 0.122. The Morgan fingerprint density at radius 2 is 1.74 bits per heavy atom. The lowest BCUT2D eigenvalue weighted by Gasteiger charge is -2.66. The molecule has 2 saturated heterocycles. The highest BCUT2D eigenvalue weighted by molar-refractivity contribution is 5.92. The van der Waals surface area contributed by atoms with Crippen LogP contribution in [0.3, 0.4) is 0 Å². The van der Waals surface area contributed by atoms with E-state index in [2.05, 4.69) is 0 Å². The van der Waals surface area contributed by atoms with Gasteiger partial charge in [-0.3, -0.25) is 14.4 Å². The first-order valence-electron chi connectivity index (χ1n) is 16.7. The first kappa shape index (κ1) is 38.3. The molecule has 280 valence electrons. The number of carbonyl (C=O) groups is 4. The van der Waals surface area contributed by atoms with Crippen LogP contribution >= 0.6 is 0 Å². The number of carboxylic acid groups (broad SMARTS) is 2. The molecule has 16 heteroatoms. The van der Waals surface area contributed by atoms with Gasteiger partial charge in [-0.2, -0.15) is 0 Å². The summed E-state index contributed by atoms with van der Waals surface area (Å²) in [6, 6.07) is 1.53. The summed E-state index contributed by atoms with van der Waals surface area (Å²) >= 11 is 0. The number of hydrogen-bond donors (Lipinski definition) is 7. The Morgan fingerprint density at radius 3 is 2.24 bits per heavy atom. The van der Waals surface area contributed by atoms with Gasteiger partial charge >= 0.3 is 17.9 Å². The molecule has 0 aromatic carbocycles. The van der Waals surface area contributed by atoms with Crippen molar-refractivity contribution in [2.75, 3.05) is 6.61 Å². The number of hydrogen-bond acceptors (Lipinski definition) is 14. The number of aliphatic hydroxyl groups is 5. The lowest BCUT2D eigenvalue weighted by atomic mass is 9.37. The average molecular weight is 713 g/mol. The van der Waals surface area contributed by atoms with Crippen molar-refractivity contribution < 1.29 is 78.3 Å². The molecule has 16 nitrogen and oxygen atoms in total. The summed E-state index contributed by atoms with van der Waals surface area (Å²) in [5.41, 5.74) is -7.74. The molecule has 4 fully saturated rings. The average Bonchev–Trinajstić information content (AvgIpc) is 3.58. The lowest BCUT2D eigenvalue weighted by Crippen LogP contribution is -2.72. The Hall–Kier alpha value is -2.96. The first-order chi connectivity index (χ1) is 23.1. The maximum atomic E-state index is 14.8. The Bertz CT molecular complexity index is 1450. The van der Waals surface area contributed by atoms with Crippen molar-refractivity contribution in [3.63, 3.8) is 0 Å². The zero-order chi connectivity index (χ0) is 37.4. The molecule has 1 aromatic rings. The highest BCUT2D eigenvalue weighted by atomic mass is 16.7. The summed E-state index contributed by atoms with van der Waals surface area (Å²) < 4.78 is 29.4. The molecule has 2 aliphatic heterocycles. The maximum absolute atomic E-state index is 14.8. The van der Waals surface area contributed by atoms with Gasteiger partial charge in [0, 0.05) is 35.7 Å². The molecular formula is C34H48O16. The van der Waals surface area contributed by atoms with E-state index in [1.807, 2.05) is 0 Å². The van der Waals surface area contributed by atoms with E-state index in [1.54, 1.807) is 20.8 Å².